The van der Waals surface area contributed by atoms with Gasteiger partial charge in [-0.25, -0.2) is 4.98 Å². The lowest BCUT2D eigenvalue weighted by Gasteiger charge is -1.96. The van der Waals surface area contributed by atoms with Crippen LogP contribution in [0.4, 0.5) is 0 Å². The number of rotatable bonds is 2. The number of aromatic nitrogens is 1. The molecule has 0 saturated heterocycles. The van der Waals surface area contributed by atoms with Crippen molar-refractivity contribution in [2.24, 2.45) is 0 Å². The maximum Gasteiger partial charge on any atom is 0.160 e. The molecule has 0 aliphatic carbocycles. The number of nitrogens with zero attached hydrogens (tertiary/aromatic N) is 1. The van der Waals surface area contributed by atoms with Crippen LogP contribution in [-0.2, 0) is 6.42 Å². The van der Waals surface area contributed by atoms with Crippen molar-refractivity contribution in [3.8, 4) is 0 Å². The van der Waals surface area contributed by atoms with Crippen LogP contribution in [0.15, 0.2) is 22.1 Å². The maximum atomic E-state index is 4.35. The Labute approximate surface area is 89.9 Å². The summed E-state index contributed by atoms with van der Waals surface area (Å²) in [6.45, 7) is 2.20. The van der Waals surface area contributed by atoms with Crippen molar-refractivity contribution in [3.05, 3.63) is 27.7 Å². The predicted octanol–water partition coefficient (Wildman–Crippen LogP) is 4.01. The van der Waals surface area contributed by atoms with Crippen LogP contribution in [0.2, 0.25) is 0 Å². The summed E-state index contributed by atoms with van der Waals surface area (Å²) in [6.07, 6.45) is 2.36. The van der Waals surface area contributed by atoms with Gasteiger partial charge in [0.1, 0.15) is 0 Å². The lowest BCUT2D eigenvalue weighted by molar-refractivity contribution is 0.924. The summed E-state index contributed by atoms with van der Waals surface area (Å²) >= 11 is 5.09. The number of benzene rings is 1. The van der Waals surface area contributed by atoms with Crippen molar-refractivity contribution in [2.75, 3.05) is 0 Å². The maximum absolute atomic E-state index is 4.35. The second-order valence-electron chi connectivity index (χ2n) is 3.02. The van der Waals surface area contributed by atoms with Gasteiger partial charge < -0.3 is 0 Å². The average molecular weight is 256 g/mol. The molecule has 1 aromatic carbocycles. The van der Waals surface area contributed by atoms with Crippen molar-refractivity contribution in [1.29, 1.82) is 0 Å². The minimum atomic E-state index is 0.969. The zero-order chi connectivity index (χ0) is 9.26. The molecule has 1 heterocycles. The molecule has 0 spiro atoms. The van der Waals surface area contributed by atoms with Crippen LogP contribution < -0.4 is 0 Å². The van der Waals surface area contributed by atoms with Gasteiger partial charge in [0.05, 0.1) is 10.2 Å². The van der Waals surface area contributed by atoms with Gasteiger partial charge in [-0.3, -0.25) is 0 Å². The van der Waals surface area contributed by atoms with Crippen molar-refractivity contribution < 1.29 is 0 Å². The normalized spacial score (nSPS) is 10.9. The second kappa shape index (κ2) is 3.76. The first-order chi connectivity index (χ1) is 6.29. The first-order valence-electron chi connectivity index (χ1n) is 4.34. The second-order valence-corrected chi connectivity index (χ2v) is 5.33. The van der Waals surface area contributed by atoms with Crippen LogP contribution in [0.1, 0.15) is 18.9 Å². The van der Waals surface area contributed by atoms with Gasteiger partial charge in [-0.2, -0.15) is 0 Å². The summed E-state index contributed by atoms with van der Waals surface area (Å²) < 4.78 is 2.24. The van der Waals surface area contributed by atoms with Gasteiger partial charge in [-0.15, -0.1) is 11.3 Å². The monoisotopic (exact) mass is 255 g/mol. The Hall–Kier alpha value is -0.410. The molecule has 13 heavy (non-hydrogen) atoms. The third-order valence-electron chi connectivity index (χ3n) is 1.97. The molecule has 0 atom stereocenters. The Balaban J connectivity index is 2.48. The molecule has 0 N–H and O–H groups in total. The first kappa shape index (κ1) is 9.16. The highest BCUT2D eigenvalue weighted by Crippen LogP contribution is 2.26. The number of fused-ring (bicyclic) bond motifs is 1. The molecule has 0 fully saturated rings. The number of halogens is 1. The zero-order valence-electron chi connectivity index (χ0n) is 7.38. The van der Waals surface area contributed by atoms with E-state index in [1.807, 2.05) is 0 Å². The third-order valence-corrected chi connectivity index (χ3v) is 3.43. The van der Waals surface area contributed by atoms with Crippen molar-refractivity contribution in [1.82, 2.24) is 4.98 Å². The molecule has 2 aromatic rings. The van der Waals surface area contributed by atoms with E-state index in [1.165, 1.54) is 16.7 Å². The van der Waals surface area contributed by atoms with Crippen LogP contribution >= 0.6 is 27.3 Å². The van der Waals surface area contributed by atoms with Crippen molar-refractivity contribution in [3.63, 3.8) is 0 Å². The SMILES string of the molecule is CCCc1ccc2nc(Br)sc2c1. The summed E-state index contributed by atoms with van der Waals surface area (Å²) in [5.41, 5.74) is 2.50. The molecule has 1 aromatic heterocycles. The van der Waals surface area contributed by atoms with Gasteiger partial charge in [-0.1, -0.05) is 19.4 Å². The van der Waals surface area contributed by atoms with E-state index in [2.05, 4.69) is 46.0 Å². The average Bonchev–Trinajstić information content (AvgIpc) is 2.44. The van der Waals surface area contributed by atoms with E-state index in [4.69, 9.17) is 0 Å². The van der Waals surface area contributed by atoms with E-state index in [0.717, 1.165) is 15.9 Å². The van der Waals surface area contributed by atoms with E-state index >= 15 is 0 Å². The smallest absolute Gasteiger partial charge is 0.160 e. The Morgan fingerprint density at radius 3 is 3.08 bits per heavy atom. The van der Waals surface area contributed by atoms with Gasteiger partial charge in [0.2, 0.25) is 0 Å². The molecule has 3 heteroatoms. The van der Waals surface area contributed by atoms with Gasteiger partial charge in [0, 0.05) is 0 Å². The standard InChI is InChI=1S/C10H10BrNS/c1-2-3-7-4-5-8-9(6-7)13-10(11)12-8/h4-6H,2-3H2,1H3. The zero-order valence-corrected chi connectivity index (χ0v) is 9.78. The fourth-order valence-corrected chi connectivity index (χ4v) is 2.85. The Kier molecular flexibility index (Phi) is 2.65. The summed E-state index contributed by atoms with van der Waals surface area (Å²) in [5, 5.41) is 0. The highest BCUT2D eigenvalue weighted by atomic mass is 79.9. The molecule has 0 unspecified atom stereocenters. The molecular weight excluding hydrogens is 246 g/mol. The lowest BCUT2D eigenvalue weighted by atomic mass is 10.1. The Morgan fingerprint density at radius 1 is 1.46 bits per heavy atom. The van der Waals surface area contributed by atoms with Gasteiger partial charge >= 0.3 is 0 Å². The van der Waals surface area contributed by atoms with E-state index < -0.39 is 0 Å². The van der Waals surface area contributed by atoms with Crippen LogP contribution in [0.5, 0.6) is 0 Å². The third kappa shape index (κ3) is 1.92. The van der Waals surface area contributed by atoms with Crippen LogP contribution in [0.3, 0.4) is 0 Å². The molecule has 0 aliphatic heterocycles. The number of hydrogen-bond donors (Lipinski definition) is 0. The van der Waals surface area contributed by atoms with Crippen LogP contribution in [0, 0.1) is 0 Å². The highest BCUT2D eigenvalue weighted by Gasteiger charge is 2.01. The van der Waals surface area contributed by atoms with Gasteiger partial charge in [0.15, 0.2) is 3.92 Å². The Bertz CT molecular complexity index is 422. The van der Waals surface area contributed by atoms with Crippen LogP contribution in [-0.4, -0.2) is 4.98 Å². The van der Waals surface area contributed by atoms with E-state index in [9.17, 15) is 0 Å². The predicted molar refractivity (Wildman–Crippen MR) is 61.3 cm³/mol. The highest BCUT2D eigenvalue weighted by molar-refractivity contribution is 9.11. The van der Waals surface area contributed by atoms with Gasteiger partial charge in [-0.05, 0) is 40.0 Å². The summed E-state index contributed by atoms with van der Waals surface area (Å²) in [6, 6.07) is 6.50. The number of thiazole rings is 1. The largest absolute Gasteiger partial charge is 0.229 e. The van der Waals surface area contributed by atoms with Crippen molar-refractivity contribution >= 4 is 37.5 Å². The summed E-state index contributed by atoms with van der Waals surface area (Å²) in [4.78, 5) is 4.35. The minimum absolute atomic E-state index is 0.969. The van der Waals surface area contributed by atoms with Crippen LogP contribution in [0.25, 0.3) is 10.2 Å². The molecule has 1 nitrogen and oxygen atoms in total. The molecule has 68 valence electrons. The fraction of sp³-hybridized carbons (Fsp3) is 0.300. The quantitative estimate of drug-likeness (QED) is 0.791. The number of aryl methyl sites for hydroxylation is 1. The fourth-order valence-electron chi connectivity index (χ4n) is 1.39. The van der Waals surface area contributed by atoms with E-state index in [1.54, 1.807) is 11.3 Å². The van der Waals surface area contributed by atoms with E-state index in [-0.39, 0.29) is 0 Å². The lowest BCUT2D eigenvalue weighted by Crippen LogP contribution is -1.80. The summed E-state index contributed by atoms with van der Waals surface area (Å²) in [7, 11) is 0. The first-order valence-corrected chi connectivity index (χ1v) is 5.95. The summed E-state index contributed by atoms with van der Waals surface area (Å²) in [5.74, 6) is 0. The number of hydrogen-bond acceptors (Lipinski definition) is 2. The topological polar surface area (TPSA) is 12.9 Å². The molecule has 0 bridgehead atoms. The molecular formula is C10H10BrNS. The molecule has 0 saturated carbocycles. The van der Waals surface area contributed by atoms with Crippen molar-refractivity contribution in [2.45, 2.75) is 19.8 Å². The Morgan fingerprint density at radius 2 is 2.31 bits per heavy atom. The minimum Gasteiger partial charge on any atom is -0.229 e. The van der Waals surface area contributed by atoms with Gasteiger partial charge in [0.25, 0.3) is 0 Å². The molecule has 0 aliphatic rings. The molecule has 0 amide bonds. The van der Waals surface area contributed by atoms with E-state index in [0.29, 0.717) is 0 Å². The molecule has 2 rings (SSSR count). The molecule has 0 radical (unpaired) electrons.